The first-order valence-corrected chi connectivity index (χ1v) is 4.62. The fourth-order valence-corrected chi connectivity index (χ4v) is 1.60. The van der Waals surface area contributed by atoms with Crippen LogP contribution in [0.25, 0.3) is 11.0 Å². The highest BCUT2D eigenvalue weighted by Crippen LogP contribution is 2.19. The number of nitrogens with zero attached hydrogens (tertiary/aromatic N) is 3. The number of halogens is 1. The minimum Gasteiger partial charge on any atom is -0.330 e. The zero-order valence-corrected chi connectivity index (χ0v) is 8.58. The molecule has 0 bridgehead atoms. The number of imidazole rings is 1. The van der Waals surface area contributed by atoms with E-state index < -0.39 is 0 Å². The molecule has 0 unspecified atom stereocenters. The van der Waals surface area contributed by atoms with Crippen molar-refractivity contribution in [1.29, 1.82) is 5.26 Å². The van der Waals surface area contributed by atoms with E-state index in [0.29, 0.717) is 11.4 Å². The quantitative estimate of drug-likeness (QED) is 0.712. The smallest absolute Gasteiger partial charge is 0.128 e. The van der Waals surface area contributed by atoms with Gasteiger partial charge in [-0.25, -0.2) is 9.37 Å². The predicted octanol–water partition coefficient (Wildman–Crippen LogP) is 2.09. The summed E-state index contributed by atoms with van der Waals surface area (Å²) in [5, 5.41) is 8.60. The predicted molar refractivity (Wildman–Crippen MR) is 54.7 cm³/mol. The molecule has 0 saturated carbocycles. The molecule has 4 heteroatoms. The van der Waals surface area contributed by atoms with Crippen LogP contribution in [0.4, 0.5) is 4.39 Å². The van der Waals surface area contributed by atoms with Crippen molar-refractivity contribution in [2.75, 3.05) is 0 Å². The van der Waals surface area contributed by atoms with Gasteiger partial charge >= 0.3 is 0 Å². The Labute approximate surface area is 86.8 Å². The number of rotatable bonds is 1. The van der Waals surface area contributed by atoms with Gasteiger partial charge in [-0.05, 0) is 18.6 Å². The first kappa shape index (κ1) is 9.66. The Bertz CT molecular complexity index is 563. The van der Waals surface area contributed by atoms with Crippen LogP contribution in [0.2, 0.25) is 0 Å². The SMILES string of the molecule is Cc1cc2nc(CC#N)n(C)c2cc1F. The molecule has 0 atom stereocenters. The Morgan fingerprint density at radius 2 is 2.27 bits per heavy atom. The Morgan fingerprint density at radius 1 is 1.53 bits per heavy atom. The van der Waals surface area contributed by atoms with Gasteiger partial charge in [-0.3, -0.25) is 0 Å². The summed E-state index contributed by atoms with van der Waals surface area (Å²) in [5.41, 5.74) is 2.04. The van der Waals surface area contributed by atoms with Gasteiger partial charge in [0, 0.05) is 13.1 Å². The first-order valence-electron chi connectivity index (χ1n) is 4.62. The first-order chi connectivity index (χ1) is 7.13. The van der Waals surface area contributed by atoms with Crippen molar-refractivity contribution >= 4 is 11.0 Å². The van der Waals surface area contributed by atoms with Crippen LogP contribution in [0, 0.1) is 24.1 Å². The van der Waals surface area contributed by atoms with Gasteiger partial charge in [0.15, 0.2) is 0 Å². The third-order valence-electron chi connectivity index (χ3n) is 2.49. The van der Waals surface area contributed by atoms with E-state index in [9.17, 15) is 4.39 Å². The van der Waals surface area contributed by atoms with Crippen LogP contribution in [0.5, 0.6) is 0 Å². The number of nitriles is 1. The average Bonchev–Trinajstić information content (AvgIpc) is 2.47. The lowest BCUT2D eigenvalue weighted by molar-refractivity contribution is 0.619. The largest absolute Gasteiger partial charge is 0.330 e. The van der Waals surface area contributed by atoms with E-state index in [-0.39, 0.29) is 12.2 Å². The van der Waals surface area contributed by atoms with E-state index in [0.717, 1.165) is 11.0 Å². The summed E-state index contributed by atoms with van der Waals surface area (Å²) in [6.07, 6.45) is 0.242. The van der Waals surface area contributed by atoms with Gasteiger partial charge in [-0.1, -0.05) is 0 Å². The second kappa shape index (κ2) is 3.35. The maximum absolute atomic E-state index is 13.3. The molecule has 0 spiro atoms. The number of hydrogen-bond acceptors (Lipinski definition) is 2. The summed E-state index contributed by atoms with van der Waals surface area (Å²) in [6.45, 7) is 1.70. The maximum atomic E-state index is 13.3. The van der Waals surface area contributed by atoms with Crippen LogP contribution in [0.3, 0.4) is 0 Å². The van der Waals surface area contributed by atoms with Gasteiger partial charge in [0.05, 0.1) is 23.5 Å². The Balaban J connectivity index is 2.72. The summed E-state index contributed by atoms with van der Waals surface area (Å²) in [7, 11) is 1.79. The molecular formula is C11H10FN3. The second-order valence-electron chi connectivity index (χ2n) is 3.51. The van der Waals surface area contributed by atoms with E-state index in [4.69, 9.17) is 5.26 Å². The normalized spacial score (nSPS) is 10.5. The lowest BCUT2D eigenvalue weighted by Gasteiger charge is -1.99. The molecule has 1 heterocycles. The van der Waals surface area contributed by atoms with E-state index in [2.05, 4.69) is 4.98 Å². The molecule has 0 aliphatic heterocycles. The van der Waals surface area contributed by atoms with Crippen molar-refractivity contribution in [3.8, 4) is 6.07 Å². The van der Waals surface area contributed by atoms with Crippen LogP contribution in [0.1, 0.15) is 11.4 Å². The van der Waals surface area contributed by atoms with Crippen molar-refractivity contribution in [3.63, 3.8) is 0 Å². The molecule has 2 aromatic rings. The highest BCUT2D eigenvalue weighted by molar-refractivity contribution is 5.77. The molecule has 0 saturated heterocycles. The second-order valence-corrected chi connectivity index (χ2v) is 3.51. The average molecular weight is 203 g/mol. The van der Waals surface area contributed by atoms with Crippen molar-refractivity contribution < 1.29 is 4.39 Å². The van der Waals surface area contributed by atoms with Crippen molar-refractivity contribution in [2.24, 2.45) is 7.05 Å². The molecule has 1 aromatic heterocycles. The molecule has 76 valence electrons. The molecular weight excluding hydrogens is 193 g/mol. The zero-order chi connectivity index (χ0) is 11.0. The summed E-state index contributed by atoms with van der Waals surface area (Å²) in [5.74, 6) is 0.423. The number of hydrogen-bond donors (Lipinski definition) is 0. The van der Waals surface area contributed by atoms with Crippen molar-refractivity contribution in [2.45, 2.75) is 13.3 Å². The molecule has 1 aromatic carbocycles. The van der Waals surface area contributed by atoms with Gasteiger partial charge in [0.1, 0.15) is 11.6 Å². The molecule has 0 radical (unpaired) electrons. The Kier molecular flexibility index (Phi) is 2.16. The minimum absolute atomic E-state index is 0.242. The van der Waals surface area contributed by atoms with Crippen LogP contribution in [-0.4, -0.2) is 9.55 Å². The Morgan fingerprint density at radius 3 is 2.93 bits per heavy atom. The number of aryl methyl sites for hydroxylation is 2. The lowest BCUT2D eigenvalue weighted by atomic mass is 10.2. The fraction of sp³-hybridized carbons (Fsp3) is 0.273. The van der Waals surface area contributed by atoms with Gasteiger partial charge in [0.25, 0.3) is 0 Å². The molecule has 0 N–H and O–H groups in total. The summed E-state index contributed by atoms with van der Waals surface area (Å²) >= 11 is 0. The zero-order valence-electron chi connectivity index (χ0n) is 8.58. The molecule has 3 nitrogen and oxygen atoms in total. The molecule has 0 amide bonds. The molecule has 15 heavy (non-hydrogen) atoms. The maximum Gasteiger partial charge on any atom is 0.128 e. The highest BCUT2D eigenvalue weighted by atomic mass is 19.1. The van der Waals surface area contributed by atoms with Gasteiger partial charge in [0.2, 0.25) is 0 Å². The number of benzene rings is 1. The van der Waals surface area contributed by atoms with Crippen LogP contribution in [0.15, 0.2) is 12.1 Å². The van der Waals surface area contributed by atoms with Gasteiger partial charge in [-0.2, -0.15) is 5.26 Å². The topological polar surface area (TPSA) is 41.6 Å². The van der Waals surface area contributed by atoms with E-state index >= 15 is 0 Å². The summed E-state index contributed by atoms with van der Waals surface area (Å²) < 4.78 is 15.1. The van der Waals surface area contributed by atoms with Crippen LogP contribution < -0.4 is 0 Å². The van der Waals surface area contributed by atoms with Crippen LogP contribution >= 0.6 is 0 Å². The van der Waals surface area contributed by atoms with E-state index in [1.165, 1.54) is 6.07 Å². The third kappa shape index (κ3) is 1.46. The van der Waals surface area contributed by atoms with E-state index in [1.807, 2.05) is 6.07 Å². The summed E-state index contributed by atoms with van der Waals surface area (Å²) in [4.78, 5) is 4.28. The molecule has 0 aliphatic carbocycles. The monoisotopic (exact) mass is 203 g/mol. The molecule has 0 aliphatic rings. The highest BCUT2D eigenvalue weighted by Gasteiger charge is 2.09. The standard InChI is InChI=1S/C11H10FN3/c1-7-5-9-10(6-8(7)12)15(2)11(14-9)3-4-13/h5-6H,3H2,1-2H3. The summed E-state index contributed by atoms with van der Waals surface area (Å²) in [6, 6.07) is 5.19. The van der Waals surface area contributed by atoms with Crippen LogP contribution in [-0.2, 0) is 13.5 Å². The number of fused-ring (bicyclic) bond motifs is 1. The lowest BCUT2D eigenvalue weighted by Crippen LogP contribution is -1.96. The minimum atomic E-state index is -0.242. The third-order valence-corrected chi connectivity index (χ3v) is 2.49. The van der Waals surface area contributed by atoms with E-state index in [1.54, 1.807) is 24.6 Å². The molecule has 0 fully saturated rings. The van der Waals surface area contributed by atoms with Crippen molar-refractivity contribution in [3.05, 3.63) is 29.3 Å². The van der Waals surface area contributed by atoms with Gasteiger partial charge in [-0.15, -0.1) is 0 Å². The van der Waals surface area contributed by atoms with Crippen molar-refractivity contribution in [1.82, 2.24) is 9.55 Å². The number of aromatic nitrogens is 2. The fourth-order valence-electron chi connectivity index (χ4n) is 1.60. The van der Waals surface area contributed by atoms with Gasteiger partial charge < -0.3 is 4.57 Å². The molecule has 2 rings (SSSR count). The Hall–Kier alpha value is -1.89.